The zero-order chi connectivity index (χ0) is 41.0. The molecule has 62 heavy (non-hydrogen) atoms. The monoisotopic (exact) mass is 787 g/mol. The third-order valence-corrected chi connectivity index (χ3v) is 12.3. The van der Waals surface area contributed by atoms with Crippen molar-refractivity contribution in [1.82, 2.24) is 15.0 Å². The summed E-state index contributed by atoms with van der Waals surface area (Å²) in [6.45, 7) is 0. The Morgan fingerprint density at radius 1 is 0.210 bits per heavy atom. The molecule has 0 radical (unpaired) electrons. The topological polar surface area (TPSA) is 38.7 Å². The number of aromatic nitrogens is 3. The average molecular weight is 788 g/mol. The van der Waals surface area contributed by atoms with Crippen LogP contribution in [-0.2, 0) is 0 Å². The molecule has 0 saturated carbocycles. The lowest BCUT2D eigenvalue weighted by Crippen LogP contribution is -2.00. The fraction of sp³-hybridized carbons (Fsp3) is 0. The Kier molecular flexibility index (Phi) is 8.50. The summed E-state index contributed by atoms with van der Waals surface area (Å²) < 4.78 is 0. The molecule has 1 aliphatic carbocycles. The molecule has 3 heteroatoms. The zero-order valence-corrected chi connectivity index (χ0v) is 33.7. The SMILES string of the molecule is c1ccc(-c2ccc(-c3nc(-c4ccccc4)nc(-c4ccc(-c5cc6ccccc6cc5-c5ccc(-c6ccc7c8c(cccc68)-c6ccccc6-7)cc5)cc4)n3)cc2)cc1. The average Bonchev–Trinajstić information content (AvgIpc) is 3.69. The van der Waals surface area contributed by atoms with E-state index in [1.54, 1.807) is 0 Å². The van der Waals surface area contributed by atoms with E-state index < -0.39 is 0 Å². The molecular formula is C59H37N3. The lowest BCUT2D eigenvalue weighted by molar-refractivity contribution is 1.07. The molecule has 10 aromatic carbocycles. The summed E-state index contributed by atoms with van der Waals surface area (Å²) in [5, 5.41) is 5.05. The third-order valence-electron chi connectivity index (χ3n) is 12.3. The van der Waals surface area contributed by atoms with E-state index in [2.05, 4.69) is 188 Å². The van der Waals surface area contributed by atoms with Crippen LogP contribution in [-0.4, -0.2) is 15.0 Å². The standard InChI is InChI=1S/C59H37N3/c1-3-12-38(13-4-1)39-22-30-44(31-23-39)58-60-57(43-14-5-2-6-15-43)61-59(62-58)45-32-28-42(29-33-45)55-37-47-17-8-7-16-46(47)36-54(55)41-26-24-40(25-27-41)48-34-35-53-50-19-10-9-18-49(50)52-21-11-20-51(48)56(52)53/h1-37H. The second-order valence-corrected chi connectivity index (χ2v) is 15.9. The van der Waals surface area contributed by atoms with Crippen molar-refractivity contribution in [3.8, 4) is 101 Å². The van der Waals surface area contributed by atoms with Crippen LogP contribution in [0.25, 0.3) is 122 Å². The van der Waals surface area contributed by atoms with E-state index in [9.17, 15) is 0 Å². The van der Waals surface area contributed by atoms with Gasteiger partial charge in [0.25, 0.3) is 0 Å². The Morgan fingerprint density at radius 2 is 0.565 bits per heavy atom. The molecule has 0 aliphatic heterocycles. The number of hydrogen-bond donors (Lipinski definition) is 0. The summed E-state index contributed by atoms with van der Waals surface area (Å²) in [5.74, 6) is 1.91. The number of hydrogen-bond acceptors (Lipinski definition) is 3. The molecule has 0 N–H and O–H groups in total. The van der Waals surface area contributed by atoms with Gasteiger partial charge in [-0.05, 0) is 100 Å². The van der Waals surface area contributed by atoms with Gasteiger partial charge in [0.15, 0.2) is 17.5 Å². The Labute approximate surface area is 360 Å². The van der Waals surface area contributed by atoms with Crippen LogP contribution in [0.2, 0.25) is 0 Å². The van der Waals surface area contributed by atoms with E-state index >= 15 is 0 Å². The minimum atomic E-state index is 0.633. The number of nitrogens with zero attached hydrogens (tertiary/aromatic N) is 3. The highest BCUT2D eigenvalue weighted by Crippen LogP contribution is 2.49. The smallest absolute Gasteiger partial charge is 0.164 e. The van der Waals surface area contributed by atoms with Gasteiger partial charge < -0.3 is 0 Å². The summed E-state index contributed by atoms with van der Waals surface area (Å²) in [6, 6.07) is 80.1. The molecule has 1 heterocycles. The molecule has 3 nitrogen and oxygen atoms in total. The normalized spacial score (nSPS) is 11.5. The number of benzene rings is 10. The van der Waals surface area contributed by atoms with Gasteiger partial charge in [-0.1, -0.05) is 212 Å². The zero-order valence-electron chi connectivity index (χ0n) is 33.7. The van der Waals surface area contributed by atoms with E-state index in [-0.39, 0.29) is 0 Å². The largest absolute Gasteiger partial charge is 0.208 e. The van der Waals surface area contributed by atoms with Gasteiger partial charge in [-0.3, -0.25) is 0 Å². The van der Waals surface area contributed by atoms with Crippen LogP contribution in [0, 0.1) is 0 Å². The van der Waals surface area contributed by atoms with Crippen LogP contribution in [0.3, 0.4) is 0 Å². The van der Waals surface area contributed by atoms with Crippen molar-refractivity contribution >= 4 is 21.5 Å². The highest BCUT2D eigenvalue weighted by Gasteiger charge is 2.22. The van der Waals surface area contributed by atoms with Crippen molar-refractivity contribution in [1.29, 1.82) is 0 Å². The van der Waals surface area contributed by atoms with Gasteiger partial charge in [0, 0.05) is 16.7 Å². The van der Waals surface area contributed by atoms with Gasteiger partial charge >= 0.3 is 0 Å². The molecule has 0 unspecified atom stereocenters. The molecule has 0 atom stereocenters. The first kappa shape index (κ1) is 35.7. The van der Waals surface area contributed by atoms with E-state index in [0.29, 0.717) is 17.5 Å². The summed E-state index contributed by atoms with van der Waals surface area (Å²) in [5.41, 5.74) is 17.5. The molecule has 0 saturated heterocycles. The predicted octanol–water partition coefficient (Wildman–Crippen LogP) is 15.5. The van der Waals surface area contributed by atoms with E-state index in [1.165, 1.54) is 77.2 Å². The van der Waals surface area contributed by atoms with E-state index in [0.717, 1.165) is 27.8 Å². The molecule has 0 spiro atoms. The minimum Gasteiger partial charge on any atom is -0.208 e. The molecular weight excluding hydrogens is 751 g/mol. The van der Waals surface area contributed by atoms with Gasteiger partial charge in [0.05, 0.1) is 0 Å². The fourth-order valence-electron chi connectivity index (χ4n) is 9.20. The maximum atomic E-state index is 5.06. The Morgan fingerprint density at radius 3 is 1.10 bits per heavy atom. The highest BCUT2D eigenvalue weighted by atomic mass is 15.0. The number of fused-ring (bicyclic) bond motifs is 4. The summed E-state index contributed by atoms with van der Waals surface area (Å²) >= 11 is 0. The van der Waals surface area contributed by atoms with E-state index in [4.69, 9.17) is 15.0 Å². The molecule has 1 aliphatic rings. The van der Waals surface area contributed by atoms with Crippen LogP contribution in [0.15, 0.2) is 224 Å². The van der Waals surface area contributed by atoms with Crippen molar-refractivity contribution in [2.75, 3.05) is 0 Å². The second-order valence-electron chi connectivity index (χ2n) is 15.9. The van der Waals surface area contributed by atoms with Gasteiger partial charge in [-0.15, -0.1) is 0 Å². The molecule has 288 valence electrons. The quantitative estimate of drug-likeness (QED) is 0.161. The predicted molar refractivity (Wildman–Crippen MR) is 257 cm³/mol. The fourth-order valence-corrected chi connectivity index (χ4v) is 9.20. The van der Waals surface area contributed by atoms with Crippen molar-refractivity contribution < 1.29 is 0 Å². The Bertz CT molecular complexity index is 3440. The molecule has 0 fully saturated rings. The second kappa shape index (κ2) is 14.8. The van der Waals surface area contributed by atoms with Gasteiger partial charge in [0.1, 0.15) is 0 Å². The first-order valence-electron chi connectivity index (χ1n) is 21.1. The lowest BCUT2D eigenvalue weighted by atomic mass is 9.89. The van der Waals surface area contributed by atoms with Gasteiger partial charge in [-0.2, -0.15) is 0 Å². The minimum absolute atomic E-state index is 0.633. The van der Waals surface area contributed by atoms with Crippen LogP contribution >= 0.6 is 0 Å². The highest BCUT2D eigenvalue weighted by molar-refractivity contribution is 6.18. The first-order valence-corrected chi connectivity index (χ1v) is 21.1. The number of rotatable bonds is 7. The van der Waals surface area contributed by atoms with Crippen LogP contribution in [0.4, 0.5) is 0 Å². The maximum absolute atomic E-state index is 5.06. The van der Waals surface area contributed by atoms with Gasteiger partial charge in [0.2, 0.25) is 0 Å². The molecule has 12 rings (SSSR count). The first-order chi connectivity index (χ1) is 30.7. The van der Waals surface area contributed by atoms with Crippen molar-refractivity contribution in [2.24, 2.45) is 0 Å². The van der Waals surface area contributed by atoms with Crippen LogP contribution in [0.5, 0.6) is 0 Å². The van der Waals surface area contributed by atoms with Gasteiger partial charge in [-0.25, -0.2) is 15.0 Å². The Balaban J connectivity index is 0.914. The third kappa shape index (κ3) is 6.18. The summed E-state index contributed by atoms with van der Waals surface area (Å²) in [7, 11) is 0. The van der Waals surface area contributed by atoms with Crippen LogP contribution in [0.1, 0.15) is 0 Å². The lowest BCUT2D eigenvalue weighted by Gasteiger charge is -2.15. The van der Waals surface area contributed by atoms with Crippen molar-refractivity contribution in [3.05, 3.63) is 224 Å². The molecule has 0 amide bonds. The summed E-state index contributed by atoms with van der Waals surface area (Å²) in [6.07, 6.45) is 0. The van der Waals surface area contributed by atoms with E-state index in [1.807, 2.05) is 36.4 Å². The Hall–Kier alpha value is -8.27. The van der Waals surface area contributed by atoms with Crippen molar-refractivity contribution in [2.45, 2.75) is 0 Å². The van der Waals surface area contributed by atoms with Crippen LogP contribution < -0.4 is 0 Å². The molecule has 0 bridgehead atoms. The van der Waals surface area contributed by atoms with Crippen molar-refractivity contribution in [3.63, 3.8) is 0 Å². The molecule has 1 aromatic heterocycles. The maximum Gasteiger partial charge on any atom is 0.164 e. The molecule has 11 aromatic rings. The summed E-state index contributed by atoms with van der Waals surface area (Å²) in [4.78, 5) is 15.1.